The van der Waals surface area contributed by atoms with Gasteiger partial charge in [-0.3, -0.25) is 9.69 Å². The Morgan fingerprint density at radius 1 is 1.38 bits per heavy atom. The molecule has 0 aliphatic rings. The Hall–Kier alpha value is -0.410. The average molecular weight is 188 g/mol. The summed E-state index contributed by atoms with van der Waals surface area (Å²) in [7, 11) is 5.76. The number of likely N-dealkylation sites (N-methyl/N-ethyl adjacent to an activating group) is 1. The standard InChI is InChI=1S/C8H18N2O.C2H6/c1-7(11)8(10(3)4)5-6-9-2;1-2/h8-9H,5-6H2,1-4H3;1-2H3. The molecule has 0 fully saturated rings. The molecule has 80 valence electrons. The Labute approximate surface area is 82.5 Å². The van der Waals surface area contributed by atoms with E-state index >= 15 is 0 Å². The van der Waals surface area contributed by atoms with E-state index in [1.807, 2.05) is 39.9 Å². The van der Waals surface area contributed by atoms with E-state index in [9.17, 15) is 4.79 Å². The molecule has 3 nitrogen and oxygen atoms in total. The molecule has 0 bridgehead atoms. The first-order valence-corrected chi connectivity index (χ1v) is 4.91. The summed E-state index contributed by atoms with van der Waals surface area (Å²) < 4.78 is 0. The van der Waals surface area contributed by atoms with Crippen molar-refractivity contribution in [1.29, 1.82) is 0 Å². The van der Waals surface area contributed by atoms with Gasteiger partial charge in [-0.25, -0.2) is 0 Å². The summed E-state index contributed by atoms with van der Waals surface area (Å²) in [6.07, 6.45) is 0.888. The van der Waals surface area contributed by atoms with Crippen LogP contribution in [-0.2, 0) is 4.79 Å². The highest BCUT2D eigenvalue weighted by atomic mass is 16.1. The lowest BCUT2D eigenvalue weighted by Crippen LogP contribution is -2.36. The van der Waals surface area contributed by atoms with Gasteiger partial charge in [0.25, 0.3) is 0 Å². The van der Waals surface area contributed by atoms with E-state index in [2.05, 4.69) is 5.32 Å². The molecule has 0 aromatic rings. The molecule has 0 saturated heterocycles. The van der Waals surface area contributed by atoms with E-state index in [4.69, 9.17) is 0 Å². The normalized spacial score (nSPS) is 11.9. The maximum absolute atomic E-state index is 11.0. The quantitative estimate of drug-likeness (QED) is 0.702. The van der Waals surface area contributed by atoms with Crippen molar-refractivity contribution < 1.29 is 4.79 Å². The minimum atomic E-state index is 0.0717. The van der Waals surface area contributed by atoms with Gasteiger partial charge in [0.1, 0.15) is 5.78 Å². The average Bonchev–Trinajstić information content (AvgIpc) is 2.07. The van der Waals surface area contributed by atoms with E-state index in [1.54, 1.807) is 6.92 Å². The first-order chi connectivity index (χ1) is 6.09. The van der Waals surface area contributed by atoms with Gasteiger partial charge in [-0.1, -0.05) is 13.8 Å². The Morgan fingerprint density at radius 2 is 1.85 bits per heavy atom. The first-order valence-electron chi connectivity index (χ1n) is 4.91. The van der Waals surface area contributed by atoms with Crippen LogP contribution in [0, 0.1) is 0 Å². The molecule has 1 atom stereocenters. The van der Waals surface area contributed by atoms with Crippen LogP contribution in [0.3, 0.4) is 0 Å². The SMILES string of the molecule is CC.CNCCC(C(C)=O)N(C)C. The summed E-state index contributed by atoms with van der Waals surface area (Å²) in [4.78, 5) is 13.0. The molecule has 0 aliphatic heterocycles. The number of nitrogens with one attached hydrogen (secondary N) is 1. The van der Waals surface area contributed by atoms with Gasteiger partial charge in [0.05, 0.1) is 6.04 Å². The molecule has 0 rings (SSSR count). The summed E-state index contributed by atoms with van der Waals surface area (Å²) >= 11 is 0. The summed E-state index contributed by atoms with van der Waals surface area (Å²) in [5, 5.41) is 3.03. The van der Waals surface area contributed by atoms with Crippen LogP contribution in [0.1, 0.15) is 27.2 Å². The lowest BCUT2D eigenvalue weighted by atomic mass is 10.1. The number of hydrogen-bond acceptors (Lipinski definition) is 3. The topological polar surface area (TPSA) is 32.3 Å². The summed E-state index contributed by atoms with van der Waals surface area (Å²) in [6, 6.07) is 0.0717. The number of ketones is 1. The Morgan fingerprint density at radius 3 is 2.08 bits per heavy atom. The molecule has 0 saturated carbocycles. The zero-order chi connectivity index (χ0) is 10.9. The van der Waals surface area contributed by atoms with Gasteiger partial charge in [-0.15, -0.1) is 0 Å². The summed E-state index contributed by atoms with van der Waals surface area (Å²) in [6.45, 7) is 6.53. The second kappa shape index (κ2) is 9.68. The van der Waals surface area contributed by atoms with Crippen LogP contribution in [0.15, 0.2) is 0 Å². The van der Waals surface area contributed by atoms with E-state index in [1.165, 1.54) is 0 Å². The van der Waals surface area contributed by atoms with Gasteiger partial charge in [0.2, 0.25) is 0 Å². The van der Waals surface area contributed by atoms with Gasteiger partial charge in [0.15, 0.2) is 0 Å². The summed E-state index contributed by atoms with van der Waals surface area (Å²) in [5.74, 6) is 0.241. The van der Waals surface area contributed by atoms with Crippen LogP contribution >= 0.6 is 0 Å². The predicted molar refractivity (Wildman–Crippen MR) is 58.0 cm³/mol. The second-order valence-corrected chi connectivity index (χ2v) is 2.98. The first kappa shape index (κ1) is 15.1. The van der Waals surface area contributed by atoms with E-state index < -0.39 is 0 Å². The van der Waals surface area contributed by atoms with Gasteiger partial charge < -0.3 is 5.32 Å². The molecule has 0 amide bonds. The number of carbonyl (C=O) groups excluding carboxylic acids is 1. The predicted octanol–water partition coefficient (Wildman–Crippen LogP) is 1.14. The van der Waals surface area contributed by atoms with Crippen molar-refractivity contribution in [2.75, 3.05) is 27.7 Å². The minimum absolute atomic E-state index is 0.0717. The Bertz CT molecular complexity index is 124. The highest BCUT2D eigenvalue weighted by Crippen LogP contribution is 1.99. The minimum Gasteiger partial charge on any atom is -0.320 e. The number of rotatable bonds is 5. The molecule has 0 aromatic carbocycles. The maximum Gasteiger partial charge on any atom is 0.146 e. The van der Waals surface area contributed by atoms with Crippen LogP contribution in [0.4, 0.5) is 0 Å². The molecular weight excluding hydrogens is 164 g/mol. The molecule has 0 radical (unpaired) electrons. The molecule has 0 aromatic heterocycles. The fourth-order valence-corrected chi connectivity index (χ4v) is 1.11. The monoisotopic (exact) mass is 188 g/mol. The highest BCUT2D eigenvalue weighted by Gasteiger charge is 2.14. The lowest BCUT2D eigenvalue weighted by molar-refractivity contribution is -0.121. The van der Waals surface area contributed by atoms with Crippen molar-refractivity contribution in [2.45, 2.75) is 33.2 Å². The molecule has 1 N–H and O–H groups in total. The van der Waals surface area contributed by atoms with Crippen LogP contribution in [0.25, 0.3) is 0 Å². The van der Waals surface area contributed by atoms with Gasteiger partial charge in [-0.2, -0.15) is 0 Å². The van der Waals surface area contributed by atoms with Crippen LogP contribution in [0.5, 0.6) is 0 Å². The number of nitrogens with zero attached hydrogens (tertiary/aromatic N) is 1. The van der Waals surface area contributed by atoms with Crippen LogP contribution in [-0.4, -0.2) is 44.4 Å². The smallest absolute Gasteiger partial charge is 0.146 e. The zero-order valence-corrected chi connectivity index (χ0v) is 9.85. The van der Waals surface area contributed by atoms with Crippen molar-refractivity contribution in [3.8, 4) is 0 Å². The third-order valence-electron chi connectivity index (χ3n) is 1.76. The molecule has 0 aliphatic carbocycles. The van der Waals surface area contributed by atoms with Crippen molar-refractivity contribution in [2.24, 2.45) is 0 Å². The molecule has 0 heterocycles. The van der Waals surface area contributed by atoms with Crippen molar-refractivity contribution >= 4 is 5.78 Å². The third kappa shape index (κ3) is 7.94. The number of Topliss-reactive ketones (excluding diaryl/α,β-unsaturated/α-hetero) is 1. The largest absolute Gasteiger partial charge is 0.320 e. The molecule has 1 unspecified atom stereocenters. The number of carbonyl (C=O) groups is 1. The van der Waals surface area contributed by atoms with Crippen LogP contribution < -0.4 is 5.32 Å². The van der Waals surface area contributed by atoms with Gasteiger partial charge in [0, 0.05) is 0 Å². The number of hydrogen-bond donors (Lipinski definition) is 1. The zero-order valence-electron chi connectivity index (χ0n) is 9.85. The van der Waals surface area contributed by atoms with Crippen LogP contribution in [0.2, 0.25) is 0 Å². The second-order valence-electron chi connectivity index (χ2n) is 2.98. The van der Waals surface area contributed by atoms with E-state index in [0.717, 1.165) is 13.0 Å². The molecule has 13 heavy (non-hydrogen) atoms. The van der Waals surface area contributed by atoms with E-state index in [-0.39, 0.29) is 11.8 Å². The molecular formula is C10H24N2O. The van der Waals surface area contributed by atoms with Gasteiger partial charge in [-0.05, 0) is 41.0 Å². The third-order valence-corrected chi connectivity index (χ3v) is 1.76. The summed E-state index contributed by atoms with van der Waals surface area (Å²) in [5.41, 5.74) is 0. The van der Waals surface area contributed by atoms with Crippen molar-refractivity contribution in [1.82, 2.24) is 10.2 Å². The Balaban J connectivity index is 0. The van der Waals surface area contributed by atoms with E-state index in [0.29, 0.717) is 0 Å². The fraction of sp³-hybridized carbons (Fsp3) is 0.900. The Kier molecular flexibility index (Phi) is 11.2. The van der Waals surface area contributed by atoms with Crippen molar-refractivity contribution in [3.05, 3.63) is 0 Å². The molecule has 0 spiro atoms. The maximum atomic E-state index is 11.0. The highest BCUT2D eigenvalue weighted by molar-refractivity contribution is 5.81. The van der Waals surface area contributed by atoms with Gasteiger partial charge >= 0.3 is 0 Å². The fourth-order valence-electron chi connectivity index (χ4n) is 1.11. The lowest BCUT2D eigenvalue weighted by Gasteiger charge is -2.20. The molecule has 3 heteroatoms. The van der Waals surface area contributed by atoms with Crippen molar-refractivity contribution in [3.63, 3.8) is 0 Å².